The number of hydrogen-bond donors (Lipinski definition) is 3. The van der Waals surface area contributed by atoms with E-state index in [1.807, 2.05) is 0 Å². The first-order valence-electron chi connectivity index (χ1n) is 6.42. The zero-order valence-corrected chi connectivity index (χ0v) is 11.3. The van der Waals surface area contributed by atoms with Crippen LogP contribution in [0.3, 0.4) is 0 Å². The van der Waals surface area contributed by atoms with Crippen LogP contribution in [0, 0.1) is 5.41 Å². The standard InChI is InChI=1S/C11H21N.C2H2O4/c1-10(2,3)11-7-4-5-9(12-11)6-8-11;3-1(4)2(5)6/h9,12H,4-8H2,1-3H3;(H,3,4)(H,5,6). The summed E-state index contributed by atoms with van der Waals surface area (Å²) >= 11 is 0. The molecular formula is C13H23NO4. The van der Waals surface area contributed by atoms with Crippen LogP contribution in [0.4, 0.5) is 0 Å². The van der Waals surface area contributed by atoms with Gasteiger partial charge in [0.1, 0.15) is 0 Å². The molecule has 0 radical (unpaired) electrons. The van der Waals surface area contributed by atoms with Crippen LogP contribution in [-0.2, 0) is 9.59 Å². The maximum atomic E-state index is 9.10. The molecule has 0 spiro atoms. The second-order valence-electron chi connectivity index (χ2n) is 6.21. The SMILES string of the molecule is CC(C)(C)C12CCCC(CC1)N2.O=C(O)C(=O)O. The number of fused-ring (bicyclic) bond motifs is 2. The molecule has 2 unspecified atom stereocenters. The van der Waals surface area contributed by atoms with E-state index in [4.69, 9.17) is 19.8 Å². The van der Waals surface area contributed by atoms with E-state index >= 15 is 0 Å². The molecule has 0 aromatic carbocycles. The zero-order valence-electron chi connectivity index (χ0n) is 11.3. The van der Waals surface area contributed by atoms with Crippen molar-refractivity contribution in [1.82, 2.24) is 5.32 Å². The largest absolute Gasteiger partial charge is 0.473 e. The lowest BCUT2D eigenvalue weighted by Gasteiger charge is -2.45. The van der Waals surface area contributed by atoms with Crippen molar-refractivity contribution in [2.45, 2.75) is 64.5 Å². The molecule has 2 fully saturated rings. The average Bonchev–Trinajstić information content (AvgIpc) is 2.55. The minimum absolute atomic E-state index is 0.447. The lowest BCUT2D eigenvalue weighted by molar-refractivity contribution is -0.159. The summed E-state index contributed by atoms with van der Waals surface area (Å²) in [5.74, 6) is -3.65. The van der Waals surface area contributed by atoms with Gasteiger partial charge in [-0.05, 0) is 31.1 Å². The van der Waals surface area contributed by atoms with Gasteiger partial charge >= 0.3 is 11.9 Å². The van der Waals surface area contributed by atoms with Crippen molar-refractivity contribution in [2.75, 3.05) is 0 Å². The van der Waals surface area contributed by atoms with Crippen molar-refractivity contribution in [1.29, 1.82) is 0 Å². The summed E-state index contributed by atoms with van der Waals surface area (Å²) in [6, 6.07) is 0.845. The number of aliphatic carboxylic acids is 2. The van der Waals surface area contributed by atoms with E-state index < -0.39 is 11.9 Å². The number of rotatable bonds is 0. The molecule has 5 heteroatoms. The third kappa shape index (κ3) is 3.22. The van der Waals surface area contributed by atoms with Crippen molar-refractivity contribution in [3.05, 3.63) is 0 Å². The molecule has 3 N–H and O–H groups in total. The summed E-state index contributed by atoms with van der Waals surface area (Å²) in [6.07, 6.45) is 7.07. The lowest BCUT2D eigenvalue weighted by Crippen LogP contribution is -2.55. The number of carboxylic acid groups (broad SMARTS) is 2. The van der Waals surface area contributed by atoms with Gasteiger partial charge in [0.25, 0.3) is 0 Å². The zero-order chi connectivity index (χ0) is 14.0. The van der Waals surface area contributed by atoms with Crippen molar-refractivity contribution >= 4 is 11.9 Å². The molecule has 18 heavy (non-hydrogen) atoms. The van der Waals surface area contributed by atoms with E-state index in [0.29, 0.717) is 11.0 Å². The first-order valence-corrected chi connectivity index (χ1v) is 6.42. The lowest BCUT2D eigenvalue weighted by atomic mass is 9.70. The van der Waals surface area contributed by atoms with Crippen LogP contribution in [0.25, 0.3) is 0 Å². The first kappa shape index (κ1) is 15.0. The molecular weight excluding hydrogens is 234 g/mol. The Balaban J connectivity index is 0.000000232. The highest BCUT2D eigenvalue weighted by molar-refractivity contribution is 6.27. The number of hydrogen-bond acceptors (Lipinski definition) is 3. The van der Waals surface area contributed by atoms with E-state index in [9.17, 15) is 0 Å². The molecule has 2 bridgehead atoms. The van der Waals surface area contributed by atoms with Gasteiger partial charge in [-0.3, -0.25) is 0 Å². The second kappa shape index (κ2) is 5.26. The highest BCUT2D eigenvalue weighted by Gasteiger charge is 2.48. The monoisotopic (exact) mass is 257 g/mol. The van der Waals surface area contributed by atoms with E-state index in [-0.39, 0.29) is 0 Å². The van der Waals surface area contributed by atoms with Gasteiger partial charge in [0, 0.05) is 11.6 Å². The highest BCUT2D eigenvalue weighted by Crippen LogP contribution is 2.46. The number of carboxylic acids is 2. The molecule has 5 nitrogen and oxygen atoms in total. The molecule has 0 amide bonds. The van der Waals surface area contributed by atoms with Crippen LogP contribution >= 0.6 is 0 Å². The molecule has 0 aromatic rings. The fourth-order valence-electron chi connectivity index (χ4n) is 2.99. The molecule has 2 aliphatic heterocycles. The van der Waals surface area contributed by atoms with Crippen LogP contribution in [0.5, 0.6) is 0 Å². The Morgan fingerprint density at radius 1 is 1.11 bits per heavy atom. The van der Waals surface area contributed by atoms with E-state index in [2.05, 4.69) is 26.1 Å². The molecule has 2 atom stereocenters. The number of nitrogens with one attached hydrogen (secondary N) is 1. The third-order valence-corrected chi connectivity index (χ3v) is 4.17. The van der Waals surface area contributed by atoms with Gasteiger partial charge in [-0.2, -0.15) is 0 Å². The Hall–Kier alpha value is -1.10. The van der Waals surface area contributed by atoms with Crippen molar-refractivity contribution in [2.24, 2.45) is 5.41 Å². The first-order chi connectivity index (χ1) is 8.18. The van der Waals surface area contributed by atoms with Gasteiger partial charge in [-0.15, -0.1) is 0 Å². The summed E-state index contributed by atoms with van der Waals surface area (Å²) in [6.45, 7) is 7.15. The Morgan fingerprint density at radius 3 is 2.06 bits per heavy atom. The molecule has 0 saturated carbocycles. The minimum atomic E-state index is -1.82. The van der Waals surface area contributed by atoms with Crippen LogP contribution < -0.4 is 5.32 Å². The van der Waals surface area contributed by atoms with Crippen LogP contribution in [0.15, 0.2) is 0 Å². The highest BCUT2D eigenvalue weighted by atomic mass is 16.4. The molecule has 0 aliphatic carbocycles. The van der Waals surface area contributed by atoms with Gasteiger partial charge in [0.2, 0.25) is 0 Å². The van der Waals surface area contributed by atoms with Gasteiger partial charge < -0.3 is 15.5 Å². The van der Waals surface area contributed by atoms with Gasteiger partial charge in [-0.25, -0.2) is 9.59 Å². The third-order valence-electron chi connectivity index (χ3n) is 4.17. The van der Waals surface area contributed by atoms with Crippen molar-refractivity contribution in [3.63, 3.8) is 0 Å². The average molecular weight is 257 g/mol. The molecule has 104 valence electrons. The van der Waals surface area contributed by atoms with Gasteiger partial charge in [-0.1, -0.05) is 27.2 Å². The topological polar surface area (TPSA) is 86.6 Å². The van der Waals surface area contributed by atoms with Crippen LogP contribution in [0.1, 0.15) is 52.9 Å². The maximum Gasteiger partial charge on any atom is 0.414 e. The Bertz CT molecular complexity index is 318. The summed E-state index contributed by atoms with van der Waals surface area (Å²) in [4.78, 5) is 18.2. The molecule has 2 rings (SSSR count). The Kier molecular flexibility index (Phi) is 4.37. The summed E-state index contributed by atoms with van der Waals surface area (Å²) in [7, 11) is 0. The molecule has 0 aromatic heterocycles. The normalized spacial score (nSPS) is 30.3. The number of carbonyl (C=O) groups is 2. The van der Waals surface area contributed by atoms with Crippen molar-refractivity contribution < 1.29 is 19.8 Å². The van der Waals surface area contributed by atoms with Gasteiger partial charge in [0.05, 0.1) is 0 Å². The predicted molar refractivity (Wildman–Crippen MR) is 67.5 cm³/mol. The summed E-state index contributed by atoms with van der Waals surface area (Å²) in [5.41, 5.74) is 0.929. The predicted octanol–water partition coefficient (Wildman–Crippen LogP) is 1.86. The minimum Gasteiger partial charge on any atom is -0.473 e. The Labute approximate surface area is 108 Å². The molecule has 2 heterocycles. The smallest absolute Gasteiger partial charge is 0.414 e. The summed E-state index contributed by atoms with van der Waals surface area (Å²) < 4.78 is 0. The molecule has 2 aliphatic rings. The van der Waals surface area contributed by atoms with Gasteiger partial charge in [0.15, 0.2) is 0 Å². The van der Waals surface area contributed by atoms with Crippen molar-refractivity contribution in [3.8, 4) is 0 Å². The van der Waals surface area contributed by atoms with E-state index in [1.54, 1.807) is 0 Å². The fraction of sp³-hybridized carbons (Fsp3) is 0.846. The van der Waals surface area contributed by atoms with E-state index in [1.165, 1.54) is 32.1 Å². The Morgan fingerprint density at radius 2 is 1.67 bits per heavy atom. The van der Waals surface area contributed by atoms with Crippen LogP contribution in [0.2, 0.25) is 0 Å². The maximum absolute atomic E-state index is 9.10. The fourth-order valence-corrected chi connectivity index (χ4v) is 2.99. The quantitative estimate of drug-likeness (QED) is 0.577. The number of piperidine rings is 1. The summed E-state index contributed by atoms with van der Waals surface area (Å²) in [5, 5.41) is 18.6. The van der Waals surface area contributed by atoms with Crippen LogP contribution in [-0.4, -0.2) is 33.7 Å². The molecule has 2 saturated heterocycles. The second-order valence-corrected chi connectivity index (χ2v) is 6.21. The van der Waals surface area contributed by atoms with E-state index in [0.717, 1.165) is 6.04 Å².